The summed E-state index contributed by atoms with van der Waals surface area (Å²) >= 11 is 0. The Morgan fingerprint density at radius 1 is 0.865 bits per heavy atom. The Hall–Kier alpha value is -4.14. The van der Waals surface area contributed by atoms with Crippen LogP contribution in [0.5, 0.6) is 0 Å². The van der Waals surface area contributed by atoms with Crippen molar-refractivity contribution in [2.45, 2.75) is 57.9 Å². The number of rotatable bonds is 12. The number of alkyl carbamates (subject to hydrolysis) is 1. The maximum Gasteiger partial charge on any atom is 0.408 e. The van der Waals surface area contributed by atoms with Gasteiger partial charge >= 0.3 is 18.0 Å². The normalized spacial score (nSPS) is 12.4. The Kier molecular flexibility index (Phi) is 11.3. The van der Waals surface area contributed by atoms with Gasteiger partial charge in [0.15, 0.2) is 0 Å². The molecule has 0 saturated carbocycles. The third-order valence-electron chi connectivity index (χ3n) is 4.85. The zero-order chi connectivity index (χ0) is 27.3. The van der Waals surface area contributed by atoms with Gasteiger partial charge in [-0.1, -0.05) is 73.3 Å². The molecule has 9 heteroatoms. The number of carbonyl (C=O) groups excluding carboxylic acids is 4. The Balaban J connectivity index is 2.18. The van der Waals surface area contributed by atoms with Crippen molar-refractivity contribution in [3.63, 3.8) is 0 Å². The summed E-state index contributed by atoms with van der Waals surface area (Å²) in [5.74, 6) is -2.22. The van der Waals surface area contributed by atoms with Crippen LogP contribution in [0.25, 0.3) is 0 Å². The van der Waals surface area contributed by atoms with Crippen LogP contribution in [0.15, 0.2) is 73.3 Å². The van der Waals surface area contributed by atoms with Crippen molar-refractivity contribution in [2.75, 3.05) is 6.61 Å². The standard InChI is InChI=1S/C28H34N2O7/c1-5-16-35-24(31)18-23(26(33)36-19-21-14-10-7-11-15-21)29-25(32)22(17-20-12-8-6-9-13-20)30-27(34)37-28(2,3)4/h5-15,22-23H,1,16-19H2,2-4H3,(H,29,32)(H,30,34)/t22-,23+/m0/s1. The van der Waals surface area contributed by atoms with Gasteiger partial charge in [-0.15, -0.1) is 0 Å². The zero-order valence-electron chi connectivity index (χ0n) is 21.4. The second-order valence-electron chi connectivity index (χ2n) is 9.22. The summed E-state index contributed by atoms with van der Waals surface area (Å²) in [6.07, 6.45) is 0.257. The molecule has 2 N–H and O–H groups in total. The molecule has 198 valence electrons. The van der Waals surface area contributed by atoms with Crippen LogP contribution in [-0.2, 0) is 41.6 Å². The maximum absolute atomic E-state index is 13.3. The highest BCUT2D eigenvalue weighted by molar-refractivity contribution is 5.91. The molecule has 0 spiro atoms. The van der Waals surface area contributed by atoms with E-state index in [1.807, 2.05) is 12.1 Å². The first-order chi connectivity index (χ1) is 17.6. The first-order valence-electron chi connectivity index (χ1n) is 11.9. The largest absolute Gasteiger partial charge is 0.461 e. The highest BCUT2D eigenvalue weighted by Gasteiger charge is 2.31. The first kappa shape index (κ1) is 29.1. The number of esters is 2. The summed E-state index contributed by atoms with van der Waals surface area (Å²) in [5.41, 5.74) is 0.729. The minimum atomic E-state index is -1.34. The molecule has 2 aromatic carbocycles. The second-order valence-corrected chi connectivity index (χ2v) is 9.22. The quantitative estimate of drug-likeness (QED) is 0.255. The molecular weight excluding hydrogens is 476 g/mol. The molecule has 0 aliphatic heterocycles. The molecule has 0 aromatic heterocycles. The average molecular weight is 511 g/mol. The number of hydrogen-bond acceptors (Lipinski definition) is 7. The van der Waals surface area contributed by atoms with Gasteiger partial charge in [0.05, 0.1) is 6.42 Å². The molecule has 0 fully saturated rings. The first-order valence-corrected chi connectivity index (χ1v) is 11.9. The third-order valence-corrected chi connectivity index (χ3v) is 4.85. The topological polar surface area (TPSA) is 120 Å². The van der Waals surface area contributed by atoms with E-state index in [0.717, 1.165) is 11.1 Å². The zero-order valence-corrected chi connectivity index (χ0v) is 21.4. The van der Waals surface area contributed by atoms with Gasteiger partial charge in [0, 0.05) is 6.42 Å². The second kappa shape index (κ2) is 14.4. The Bertz CT molecular complexity index is 1050. The van der Waals surface area contributed by atoms with Crippen LogP contribution in [0, 0.1) is 0 Å². The summed E-state index contributed by atoms with van der Waals surface area (Å²) < 4.78 is 15.6. The Labute approximate surface area is 217 Å². The van der Waals surface area contributed by atoms with Crippen molar-refractivity contribution in [3.05, 3.63) is 84.4 Å². The molecule has 2 aromatic rings. The fourth-order valence-corrected chi connectivity index (χ4v) is 3.18. The van der Waals surface area contributed by atoms with Gasteiger partial charge in [-0.3, -0.25) is 9.59 Å². The van der Waals surface area contributed by atoms with Gasteiger partial charge < -0.3 is 24.8 Å². The summed E-state index contributed by atoms with van der Waals surface area (Å²) in [6, 6.07) is 15.6. The van der Waals surface area contributed by atoms with E-state index in [-0.39, 0.29) is 19.6 Å². The molecule has 2 amide bonds. The van der Waals surface area contributed by atoms with Crippen molar-refractivity contribution >= 4 is 23.9 Å². The molecule has 0 radical (unpaired) electrons. The van der Waals surface area contributed by atoms with Gasteiger partial charge in [-0.2, -0.15) is 0 Å². The number of hydrogen-bond donors (Lipinski definition) is 2. The number of nitrogens with one attached hydrogen (secondary N) is 2. The van der Waals surface area contributed by atoms with Crippen molar-refractivity contribution in [1.82, 2.24) is 10.6 Å². The van der Waals surface area contributed by atoms with E-state index < -0.39 is 48.0 Å². The van der Waals surface area contributed by atoms with E-state index in [1.165, 1.54) is 6.08 Å². The van der Waals surface area contributed by atoms with Crippen LogP contribution >= 0.6 is 0 Å². The lowest BCUT2D eigenvalue weighted by molar-refractivity contribution is -0.154. The van der Waals surface area contributed by atoms with Gasteiger partial charge in [-0.25, -0.2) is 9.59 Å². The monoisotopic (exact) mass is 510 g/mol. The van der Waals surface area contributed by atoms with Crippen LogP contribution in [0.2, 0.25) is 0 Å². The summed E-state index contributed by atoms with van der Waals surface area (Å²) in [6.45, 7) is 8.50. The molecule has 0 bridgehead atoms. The fraction of sp³-hybridized carbons (Fsp3) is 0.357. The highest BCUT2D eigenvalue weighted by Crippen LogP contribution is 2.10. The van der Waals surface area contributed by atoms with Gasteiger partial charge in [0.1, 0.15) is 30.9 Å². The molecule has 2 rings (SSSR count). The number of benzene rings is 2. The molecule has 37 heavy (non-hydrogen) atoms. The van der Waals surface area contributed by atoms with Crippen LogP contribution in [0.1, 0.15) is 38.3 Å². The molecule has 0 saturated heterocycles. The lowest BCUT2D eigenvalue weighted by Crippen LogP contribution is -2.54. The molecule has 0 heterocycles. The number of ether oxygens (including phenoxy) is 3. The van der Waals surface area contributed by atoms with Crippen molar-refractivity contribution in [1.29, 1.82) is 0 Å². The van der Waals surface area contributed by atoms with Crippen LogP contribution < -0.4 is 10.6 Å². The van der Waals surface area contributed by atoms with Crippen LogP contribution in [-0.4, -0.2) is 48.2 Å². The van der Waals surface area contributed by atoms with Crippen LogP contribution in [0.3, 0.4) is 0 Å². The maximum atomic E-state index is 13.3. The van der Waals surface area contributed by atoms with Crippen molar-refractivity contribution < 1.29 is 33.4 Å². The van der Waals surface area contributed by atoms with E-state index >= 15 is 0 Å². The van der Waals surface area contributed by atoms with Crippen molar-refractivity contribution in [2.24, 2.45) is 0 Å². The molecule has 0 aliphatic carbocycles. The predicted molar refractivity (Wildman–Crippen MR) is 137 cm³/mol. The Morgan fingerprint density at radius 2 is 1.46 bits per heavy atom. The smallest absolute Gasteiger partial charge is 0.408 e. The molecule has 0 unspecified atom stereocenters. The van der Waals surface area contributed by atoms with E-state index in [2.05, 4.69) is 17.2 Å². The summed E-state index contributed by atoms with van der Waals surface area (Å²) in [4.78, 5) is 50.9. The predicted octanol–water partition coefficient (Wildman–Crippen LogP) is 3.47. The minimum Gasteiger partial charge on any atom is -0.461 e. The van der Waals surface area contributed by atoms with Gasteiger partial charge in [0.2, 0.25) is 5.91 Å². The summed E-state index contributed by atoms with van der Waals surface area (Å²) in [7, 11) is 0. The number of carbonyl (C=O) groups is 4. The lowest BCUT2D eigenvalue weighted by Gasteiger charge is -2.25. The fourth-order valence-electron chi connectivity index (χ4n) is 3.18. The number of amides is 2. The van der Waals surface area contributed by atoms with E-state index in [1.54, 1.807) is 69.3 Å². The third kappa shape index (κ3) is 11.4. The van der Waals surface area contributed by atoms with E-state index in [4.69, 9.17) is 14.2 Å². The van der Waals surface area contributed by atoms with Crippen molar-refractivity contribution in [3.8, 4) is 0 Å². The van der Waals surface area contributed by atoms with E-state index in [0.29, 0.717) is 0 Å². The average Bonchev–Trinajstić information content (AvgIpc) is 2.85. The van der Waals surface area contributed by atoms with E-state index in [9.17, 15) is 19.2 Å². The SMILES string of the molecule is C=CCOC(=O)C[C@@H](NC(=O)[C@H](Cc1ccccc1)NC(=O)OC(C)(C)C)C(=O)OCc1ccccc1. The molecule has 9 nitrogen and oxygen atoms in total. The Morgan fingerprint density at radius 3 is 2.03 bits per heavy atom. The lowest BCUT2D eigenvalue weighted by atomic mass is 10.0. The molecule has 2 atom stereocenters. The molecule has 0 aliphatic rings. The highest BCUT2D eigenvalue weighted by atomic mass is 16.6. The van der Waals surface area contributed by atoms with Gasteiger partial charge in [0.25, 0.3) is 0 Å². The minimum absolute atomic E-state index is 0.0443. The summed E-state index contributed by atoms with van der Waals surface area (Å²) in [5, 5.41) is 5.10. The van der Waals surface area contributed by atoms with Crippen LogP contribution in [0.4, 0.5) is 4.79 Å². The van der Waals surface area contributed by atoms with Gasteiger partial charge in [-0.05, 0) is 31.9 Å². The molecular formula is C28H34N2O7.